The topological polar surface area (TPSA) is 331 Å². The zero-order valence-electron chi connectivity index (χ0n) is 72.7. The van der Waals surface area contributed by atoms with Crippen molar-refractivity contribution in [3.8, 4) is 0 Å². The standard InChI is InChI=1S/C45H72N2O9.C42H67N2O8.Li.Na.2H2O/c1-13-33(30(9)48)35-17-16-25(4)40(53-35)29(8)38-28(7)39(47-46-38)34(14-2)41-26(5)24-27(6)44(54-41)21-19-37(52-32(11)49)45(56-44)23-22-42(12,55-45)36-18-20-43(50,15-3)31(10)51-36;1-11-30(23-45)32-15-14-24(4)37(49-32)28(8)35-27(7)36(44-43-35)31(12-2)38-25(5)22-26(6)41(50-38)19-16-33(46)42(52-41)21-20-39(10,51-42)34-17-18-40(47,13-3)29(9)48-34;;;;/h19,21,25-27,29,31,33-37,40-41,50H,13-18,20,22-24H2,1-12H3,(H,46,47);16,19,24-26,28-34,37-38,46-47H,11-15,17-18,20-22H2,1-10H3,(H,43,44);;;2*1H2/q;-1;2*+1;;/p-2/t25-,26-,27+,29-,31-,33-,34-,35+,36+,37+,40+,41-,42-,43+,44-,45-;24-,25-,26+,28-,29-,30-,31-,32+,33+,34+,37+,38-,39-,40+,41-,42-;;;;/m00..../s1. The van der Waals surface area contributed by atoms with E-state index in [2.05, 4.69) is 120 Å². The van der Waals surface area contributed by atoms with Crippen LogP contribution in [-0.2, 0) is 66.5 Å². The quantitative estimate of drug-likeness (QED) is 0.0336. The van der Waals surface area contributed by atoms with E-state index in [0.29, 0.717) is 76.0 Å². The number of hydrogen-bond donors (Lipinski definition) is 5. The van der Waals surface area contributed by atoms with Gasteiger partial charge in [-0.3, -0.25) is 26.1 Å². The van der Waals surface area contributed by atoms with Crippen LogP contribution < -0.4 is 48.4 Å². The molecule has 0 bridgehead atoms. The average Bonchev–Trinajstić information content (AvgIpc) is 1.46. The van der Waals surface area contributed by atoms with Gasteiger partial charge in [0.2, 0.25) is 11.6 Å². The van der Waals surface area contributed by atoms with Crippen molar-refractivity contribution in [2.75, 3.05) is 0 Å². The third-order valence-corrected chi connectivity index (χ3v) is 29.2. The largest absolute Gasteiger partial charge is 1.00 e. The third kappa shape index (κ3) is 18.5. The number of hydrogen-bond acceptors (Lipinski definition) is 21. The Hall–Kier alpha value is -2.29. The van der Waals surface area contributed by atoms with E-state index in [-0.39, 0.29) is 185 Å². The second-order valence-corrected chi connectivity index (χ2v) is 36.3. The summed E-state index contributed by atoms with van der Waals surface area (Å²) in [6.07, 6.45) is 21.2. The second kappa shape index (κ2) is 38.2. The number of ether oxygens (including phenoxy) is 11. The molecule has 25 heteroatoms. The molecule has 8 saturated heterocycles. The number of Topliss-reactive ketones (excluding diaryl/α,β-unsaturated/α-hetero) is 1. The molecule has 0 unspecified atom stereocenters. The summed E-state index contributed by atoms with van der Waals surface area (Å²) < 4.78 is 75.0. The molecule has 0 amide bonds. The number of aromatic nitrogens is 4. The van der Waals surface area contributed by atoms with E-state index < -0.39 is 63.7 Å². The number of ketones is 1. The van der Waals surface area contributed by atoms with Crippen molar-refractivity contribution in [2.24, 2.45) is 47.3 Å². The maximum atomic E-state index is 12.5. The number of rotatable bonds is 21. The van der Waals surface area contributed by atoms with Gasteiger partial charge in [0, 0.05) is 78.7 Å². The van der Waals surface area contributed by atoms with Crippen LogP contribution in [0.3, 0.4) is 0 Å². The summed E-state index contributed by atoms with van der Waals surface area (Å²) in [5.74, 6) is -3.94. The van der Waals surface area contributed by atoms with E-state index in [1.807, 2.05) is 58.9 Å². The minimum absolute atomic E-state index is 0. The fraction of sp³-hybridized carbons (Fsp3) is 0.851. The van der Waals surface area contributed by atoms with Gasteiger partial charge in [0.15, 0.2) is 17.7 Å². The molecular weight excluding hydrogens is 1430 g/mol. The molecule has 112 heavy (non-hydrogen) atoms. The summed E-state index contributed by atoms with van der Waals surface area (Å²) in [6.45, 7) is 45.7. The van der Waals surface area contributed by atoms with E-state index in [9.17, 15) is 29.7 Å². The first-order valence-electron chi connectivity index (χ1n) is 42.4. The number of esters is 1. The Morgan fingerprint density at radius 2 is 1.00 bits per heavy atom. The Morgan fingerprint density at radius 3 is 1.41 bits per heavy atom. The molecule has 32 atom stereocenters. The maximum absolute atomic E-state index is 12.5. The third-order valence-electron chi connectivity index (χ3n) is 29.2. The van der Waals surface area contributed by atoms with E-state index in [0.717, 1.165) is 98.1 Å². The van der Waals surface area contributed by atoms with Gasteiger partial charge in [0.05, 0.1) is 88.7 Å². The molecule has 0 aromatic carbocycles. The summed E-state index contributed by atoms with van der Waals surface area (Å²) in [6, 6.07) is 0. The molecule has 626 valence electrons. The molecular formula is C87H141LiN4NaO19-. The number of aliphatic hydroxyl groups is 3. The fourth-order valence-electron chi connectivity index (χ4n) is 21.7. The van der Waals surface area contributed by atoms with Crippen molar-refractivity contribution in [1.29, 1.82) is 0 Å². The zero-order chi connectivity index (χ0) is 78.8. The molecule has 0 saturated carbocycles. The van der Waals surface area contributed by atoms with Gasteiger partial charge in [0.25, 0.3) is 0 Å². The van der Waals surface area contributed by atoms with Crippen LogP contribution in [0.4, 0.5) is 0 Å². The average molecular weight is 1580 g/mol. The molecule has 0 aliphatic carbocycles. The monoisotopic (exact) mass is 1580 g/mol. The van der Waals surface area contributed by atoms with Crippen molar-refractivity contribution in [3.63, 3.8) is 0 Å². The van der Waals surface area contributed by atoms with E-state index in [1.165, 1.54) is 6.92 Å². The summed E-state index contributed by atoms with van der Waals surface area (Å²) in [4.78, 5) is 36.6. The molecule has 23 nitrogen and oxygen atoms in total. The van der Waals surface area contributed by atoms with Crippen LogP contribution in [0.2, 0.25) is 0 Å². The van der Waals surface area contributed by atoms with Crippen LogP contribution >= 0.6 is 0 Å². The van der Waals surface area contributed by atoms with Crippen LogP contribution in [0.1, 0.15) is 324 Å². The number of carbonyl (C=O) groups excluding carboxylic acids is 3. The fourth-order valence-corrected chi connectivity index (χ4v) is 21.7. The van der Waals surface area contributed by atoms with E-state index >= 15 is 0 Å². The van der Waals surface area contributed by atoms with Gasteiger partial charge >= 0.3 is 54.4 Å². The van der Waals surface area contributed by atoms with Gasteiger partial charge in [0.1, 0.15) is 11.9 Å². The number of aromatic amines is 2. The normalized spacial score (nSPS) is 42.8. The smallest absolute Gasteiger partial charge is 0.870 e. The Morgan fingerprint density at radius 1 is 0.571 bits per heavy atom. The van der Waals surface area contributed by atoms with E-state index in [4.69, 9.17) is 62.3 Å². The summed E-state index contributed by atoms with van der Waals surface area (Å²) >= 11 is 0. The second-order valence-electron chi connectivity index (χ2n) is 36.3. The molecule has 12 heterocycles. The Labute approximate surface area is 703 Å². The minimum Gasteiger partial charge on any atom is -0.870 e. The van der Waals surface area contributed by atoms with Gasteiger partial charge in [-0.05, 0) is 217 Å². The predicted molar refractivity (Wildman–Crippen MR) is 415 cm³/mol. The SMILES string of the molecule is CC[C@@H](C(C)=O)[C@H]1CC[C@H](C)[C@H]([C@@H](C)c2n[nH]c([C@H](CC)[C@H]3O[C@]4(C=C[C@@H](OC(C)=O)[C@]5(CC[C@@](C)([C@H]6CC[C@](O)(CC)[C@H](C)O6)O5)O4)[C@H](C)C[C@@H]3C)c2C)O1.CC[C@@H]([C-]=O)[C@H]1CC[C@H](C)[C@H]([C@@H](C)c2n[nH]c([C@H](CC)[C@H]3O[C@]4(C=C[C@@H](O)[C@]5(CC[C@@](C)([C@H]6CC[C@](O)(CC)[C@H](C)O6)O5)O4)[C@H](C)C[C@@H]3C)c2C)O1.[Li+].[Na+].[OH-].[OH-]. The summed E-state index contributed by atoms with van der Waals surface area (Å²) in [5.41, 5.74) is 3.30. The molecule has 10 aliphatic heterocycles. The van der Waals surface area contributed by atoms with Gasteiger partial charge < -0.3 is 83.2 Å². The van der Waals surface area contributed by atoms with Crippen LogP contribution in [0, 0.1) is 61.2 Å². The Kier molecular flexibility index (Phi) is 33.0. The number of nitrogens with zero attached hydrogens (tertiary/aromatic N) is 2. The number of aliphatic hydroxyl groups excluding tert-OH is 1. The van der Waals surface area contributed by atoms with Crippen LogP contribution in [0.15, 0.2) is 24.3 Å². The number of nitrogens with one attached hydrogen (secondary N) is 2. The van der Waals surface area contributed by atoms with Crippen LogP contribution in [0.5, 0.6) is 0 Å². The minimum atomic E-state index is -1.28. The molecule has 7 N–H and O–H groups in total. The Balaban J connectivity index is 0.000000301. The maximum Gasteiger partial charge on any atom is 1.00 e. The number of carbonyl (C=O) groups is 2. The molecule has 0 radical (unpaired) electrons. The zero-order valence-corrected chi connectivity index (χ0v) is 74.7. The van der Waals surface area contributed by atoms with Crippen molar-refractivity contribution in [3.05, 3.63) is 58.2 Å². The van der Waals surface area contributed by atoms with E-state index in [1.54, 1.807) is 6.92 Å². The molecule has 2 aromatic heterocycles. The first-order chi connectivity index (χ1) is 51.0. The van der Waals surface area contributed by atoms with Crippen LogP contribution in [-0.4, -0.2) is 184 Å². The molecule has 2 aromatic rings. The van der Waals surface area contributed by atoms with Gasteiger partial charge in [-0.1, -0.05) is 103 Å². The van der Waals surface area contributed by atoms with Crippen molar-refractivity contribution >= 4 is 18.0 Å². The molecule has 12 rings (SSSR count). The predicted octanol–water partition coefficient (Wildman–Crippen LogP) is 9.33. The molecule has 4 spiro atoms. The molecule has 10 aliphatic rings. The van der Waals surface area contributed by atoms with Crippen molar-refractivity contribution < 1.29 is 141 Å². The number of H-pyrrole nitrogens is 2. The van der Waals surface area contributed by atoms with Gasteiger partial charge in [-0.25, -0.2) is 0 Å². The van der Waals surface area contributed by atoms with Crippen LogP contribution in [0.25, 0.3) is 0 Å². The first kappa shape index (κ1) is 96.8. The summed E-state index contributed by atoms with van der Waals surface area (Å²) in [5, 5.41) is 50.5. The van der Waals surface area contributed by atoms with Gasteiger partial charge in [-0.15, -0.1) is 5.92 Å². The summed E-state index contributed by atoms with van der Waals surface area (Å²) in [7, 11) is 0. The van der Waals surface area contributed by atoms with Gasteiger partial charge in [-0.2, -0.15) is 10.2 Å². The van der Waals surface area contributed by atoms with Crippen molar-refractivity contribution in [2.45, 2.75) is 423 Å². The first-order valence-corrected chi connectivity index (χ1v) is 42.4. The molecule has 8 fully saturated rings. The van der Waals surface area contributed by atoms with Crippen molar-refractivity contribution in [1.82, 2.24) is 20.4 Å². The Bertz CT molecular complexity index is 3490.